The highest BCUT2D eigenvalue weighted by molar-refractivity contribution is 6.30. The maximum Gasteiger partial charge on any atom is 0.135 e. The number of carbonyl (C=O) groups excluding carboxylic acids is 1. The Labute approximate surface area is 134 Å². The van der Waals surface area contributed by atoms with Crippen LogP contribution in [0.2, 0.25) is 5.02 Å². The first kappa shape index (κ1) is 15.2. The molecule has 0 aromatic heterocycles. The molecule has 0 N–H and O–H groups in total. The van der Waals surface area contributed by atoms with Gasteiger partial charge in [0.1, 0.15) is 11.6 Å². The summed E-state index contributed by atoms with van der Waals surface area (Å²) in [6, 6.07) is 12.4. The van der Waals surface area contributed by atoms with E-state index in [2.05, 4.69) is 4.90 Å². The number of ketones is 1. The average molecular weight is 318 g/mol. The van der Waals surface area contributed by atoms with Gasteiger partial charge < -0.3 is 0 Å². The van der Waals surface area contributed by atoms with Crippen LogP contribution in [-0.4, -0.2) is 23.8 Å². The second-order valence-electron chi connectivity index (χ2n) is 5.62. The van der Waals surface area contributed by atoms with Crippen LogP contribution in [0.3, 0.4) is 0 Å². The van der Waals surface area contributed by atoms with Crippen molar-refractivity contribution >= 4 is 17.4 Å². The van der Waals surface area contributed by atoms with Gasteiger partial charge in [0, 0.05) is 37.5 Å². The molecule has 0 saturated carbocycles. The lowest BCUT2D eigenvalue weighted by atomic mass is 9.98. The molecule has 0 amide bonds. The first-order valence-electron chi connectivity index (χ1n) is 7.40. The van der Waals surface area contributed by atoms with Gasteiger partial charge in [-0.05, 0) is 41.0 Å². The van der Waals surface area contributed by atoms with Crippen LogP contribution in [0.15, 0.2) is 42.5 Å². The van der Waals surface area contributed by atoms with Crippen molar-refractivity contribution in [3.05, 3.63) is 58.9 Å². The van der Waals surface area contributed by atoms with Crippen LogP contribution in [0.4, 0.5) is 4.39 Å². The third-order valence-corrected chi connectivity index (χ3v) is 4.28. The minimum atomic E-state index is -0.235. The summed E-state index contributed by atoms with van der Waals surface area (Å²) in [5.41, 5.74) is 2.97. The molecule has 4 heteroatoms. The zero-order chi connectivity index (χ0) is 15.5. The van der Waals surface area contributed by atoms with E-state index < -0.39 is 0 Å². The topological polar surface area (TPSA) is 20.3 Å². The summed E-state index contributed by atoms with van der Waals surface area (Å²) in [5, 5.41) is 0.682. The summed E-state index contributed by atoms with van der Waals surface area (Å²) in [6.45, 7) is 2.15. The Kier molecular flexibility index (Phi) is 4.55. The molecule has 3 rings (SSSR count). The Morgan fingerprint density at radius 2 is 1.73 bits per heavy atom. The SMILES string of the molecule is O=C1CCN(Cc2cc(F)ccc2-c2ccc(Cl)cc2)CC1. The molecule has 0 aliphatic carbocycles. The molecule has 0 bridgehead atoms. The van der Waals surface area contributed by atoms with Crippen LogP contribution in [-0.2, 0) is 11.3 Å². The molecule has 1 aliphatic rings. The largest absolute Gasteiger partial charge is 0.300 e. The molecule has 2 nitrogen and oxygen atoms in total. The number of carbonyl (C=O) groups is 1. The zero-order valence-corrected chi connectivity index (χ0v) is 12.9. The summed E-state index contributed by atoms with van der Waals surface area (Å²) < 4.78 is 13.6. The van der Waals surface area contributed by atoms with Crippen molar-refractivity contribution in [3.63, 3.8) is 0 Å². The minimum Gasteiger partial charge on any atom is -0.300 e. The van der Waals surface area contributed by atoms with E-state index >= 15 is 0 Å². The Balaban J connectivity index is 1.87. The van der Waals surface area contributed by atoms with Crippen molar-refractivity contribution in [1.82, 2.24) is 4.90 Å². The Bertz CT molecular complexity index is 674. The smallest absolute Gasteiger partial charge is 0.135 e. The minimum absolute atomic E-state index is 0.235. The van der Waals surface area contributed by atoms with E-state index in [1.54, 1.807) is 6.07 Å². The standard InChI is InChI=1S/C18H17ClFNO/c19-15-3-1-13(2-4-15)18-6-5-16(20)11-14(18)12-21-9-7-17(22)8-10-21/h1-6,11H,7-10,12H2. The zero-order valence-electron chi connectivity index (χ0n) is 12.2. The van der Waals surface area contributed by atoms with Gasteiger partial charge in [-0.1, -0.05) is 29.8 Å². The van der Waals surface area contributed by atoms with E-state index in [1.807, 2.05) is 30.3 Å². The number of rotatable bonds is 3. The van der Waals surface area contributed by atoms with Crippen molar-refractivity contribution in [1.29, 1.82) is 0 Å². The maximum atomic E-state index is 13.6. The van der Waals surface area contributed by atoms with Crippen LogP contribution < -0.4 is 0 Å². The van der Waals surface area contributed by atoms with Gasteiger partial charge in [0.25, 0.3) is 0 Å². The maximum absolute atomic E-state index is 13.6. The van der Waals surface area contributed by atoms with Gasteiger partial charge in [-0.25, -0.2) is 4.39 Å². The van der Waals surface area contributed by atoms with Crippen molar-refractivity contribution < 1.29 is 9.18 Å². The molecule has 114 valence electrons. The van der Waals surface area contributed by atoms with Gasteiger partial charge in [-0.3, -0.25) is 9.69 Å². The highest BCUT2D eigenvalue weighted by Gasteiger charge is 2.18. The monoisotopic (exact) mass is 317 g/mol. The van der Waals surface area contributed by atoms with Crippen molar-refractivity contribution in [2.24, 2.45) is 0 Å². The summed E-state index contributed by atoms with van der Waals surface area (Å²) in [7, 11) is 0. The molecule has 1 heterocycles. The van der Waals surface area contributed by atoms with Gasteiger partial charge >= 0.3 is 0 Å². The Morgan fingerprint density at radius 1 is 1.05 bits per heavy atom. The molecule has 1 saturated heterocycles. The van der Waals surface area contributed by atoms with Gasteiger partial charge in [0.15, 0.2) is 0 Å². The first-order chi connectivity index (χ1) is 10.6. The fourth-order valence-electron chi connectivity index (χ4n) is 2.81. The number of hydrogen-bond donors (Lipinski definition) is 0. The molecule has 0 spiro atoms. The highest BCUT2D eigenvalue weighted by Crippen LogP contribution is 2.27. The van der Waals surface area contributed by atoms with Crippen LogP contribution >= 0.6 is 11.6 Å². The van der Waals surface area contributed by atoms with Gasteiger partial charge in [0.05, 0.1) is 0 Å². The lowest BCUT2D eigenvalue weighted by Gasteiger charge is -2.26. The molecular formula is C18H17ClFNO. The van der Waals surface area contributed by atoms with Gasteiger partial charge in [-0.2, -0.15) is 0 Å². The predicted octanol–water partition coefficient (Wildman–Crippen LogP) is 4.31. The number of likely N-dealkylation sites (tertiary alicyclic amines) is 1. The van der Waals surface area contributed by atoms with E-state index in [4.69, 9.17) is 11.6 Å². The van der Waals surface area contributed by atoms with E-state index in [-0.39, 0.29) is 5.82 Å². The molecule has 1 fully saturated rings. The van der Waals surface area contributed by atoms with Gasteiger partial charge in [-0.15, -0.1) is 0 Å². The normalized spacial score (nSPS) is 16.0. The number of hydrogen-bond acceptors (Lipinski definition) is 2. The summed E-state index contributed by atoms with van der Waals surface area (Å²) in [4.78, 5) is 13.5. The van der Waals surface area contributed by atoms with E-state index in [0.29, 0.717) is 30.2 Å². The molecule has 22 heavy (non-hydrogen) atoms. The van der Waals surface area contributed by atoms with Crippen LogP contribution in [0.25, 0.3) is 11.1 Å². The average Bonchev–Trinajstić information content (AvgIpc) is 2.51. The number of Topliss-reactive ketones (excluding diaryl/α,β-unsaturated/α-hetero) is 1. The van der Waals surface area contributed by atoms with E-state index in [1.165, 1.54) is 6.07 Å². The number of piperidine rings is 1. The molecule has 0 atom stereocenters. The second kappa shape index (κ2) is 6.59. The van der Waals surface area contributed by atoms with Gasteiger partial charge in [0.2, 0.25) is 0 Å². The highest BCUT2D eigenvalue weighted by atomic mass is 35.5. The summed E-state index contributed by atoms with van der Waals surface area (Å²) in [5.74, 6) is 0.0780. The predicted molar refractivity (Wildman–Crippen MR) is 86.4 cm³/mol. The number of nitrogens with zero attached hydrogens (tertiary/aromatic N) is 1. The van der Waals surface area contributed by atoms with E-state index in [0.717, 1.165) is 29.8 Å². The fraction of sp³-hybridized carbons (Fsp3) is 0.278. The molecule has 0 radical (unpaired) electrons. The fourth-order valence-corrected chi connectivity index (χ4v) is 2.93. The van der Waals surface area contributed by atoms with Crippen molar-refractivity contribution in [3.8, 4) is 11.1 Å². The quantitative estimate of drug-likeness (QED) is 0.840. The van der Waals surface area contributed by atoms with Crippen LogP contribution in [0.5, 0.6) is 0 Å². The molecule has 2 aromatic carbocycles. The number of benzene rings is 2. The molecule has 0 unspecified atom stereocenters. The molecule has 2 aromatic rings. The molecule has 1 aliphatic heterocycles. The lowest BCUT2D eigenvalue weighted by Crippen LogP contribution is -2.33. The summed E-state index contributed by atoms with van der Waals surface area (Å²) in [6.07, 6.45) is 1.18. The third kappa shape index (κ3) is 3.54. The Hall–Kier alpha value is -1.71. The second-order valence-corrected chi connectivity index (χ2v) is 6.06. The van der Waals surface area contributed by atoms with Crippen molar-refractivity contribution in [2.45, 2.75) is 19.4 Å². The van der Waals surface area contributed by atoms with E-state index in [9.17, 15) is 9.18 Å². The lowest BCUT2D eigenvalue weighted by molar-refractivity contribution is -0.121. The first-order valence-corrected chi connectivity index (χ1v) is 7.78. The van der Waals surface area contributed by atoms with Crippen LogP contribution in [0.1, 0.15) is 18.4 Å². The summed E-state index contributed by atoms with van der Waals surface area (Å²) >= 11 is 5.93. The molecular weight excluding hydrogens is 301 g/mol. The van der Waals surface area contributed by atoms with Crippen molar-refractivity contribution in [2.75, 3.05) is 13.1 Å². The Morgan fingerprint density at radius 3 is 2.41 bits per heavy atom. The third-order valence-electron chi connectivity index (χ3n) is 4.03. The number of halogens is 2. The van der Waals surface area contributed by atoms with Crippen LogP contribution in [0, 0.1) is 5.82 Å².